The predicted octanol–water partition coefficient (Wildman–Crippen LogP) is 3.05. The van der Waals surface area contributed by atoms with Gasteiger partial charge in [-0.05, 0) is 37.2 Å². The van der Waals surface area contributed by atoms with E-state index >= 15 is 0 Å². The molecule has 0 aromatic carbocycles. The van der Waals surface area contributed by atoms with Crippen LogP contribution in [0.25, 0.3) is 0 Å². The molecule has 2 heteroatoms. The number of ether oxygens (including phenoxy) is 1. The van der Waals surface area contributed by atoms with Gasteiger partial charge in [0, 0.05) is 6.61 Å². The Labute approximate surface area is 86.6 Å². The first-order valence-corrected chi connectivity index (χ1v) is 5.32. The summed E-state index contributed by atoms with van der Waals surface area (Å²) in [6.45, 7) is 7.57. The van der Waals surface area contributed by atoms with Crippen LogP contribution in [0.15, 0.2) is 11.1 Å². The summed E-state index contributed by atoms with van der Waals surface area (Å²) in [5.41, 5.74) is 2.38. The fourth-order valence-corrected chi connectivity index (χ4v) is 2.15. The van der Waals surface area contributed by atoms with Crippen LogP contribution in [0.4, 0.5) is 0 Å². The first kappa shape index (κ1) is 11.3. The average molecular weight is 193 g/mol. The number of hydrogen-bond acceptors (Lipinski definition) is 2. The lowest BCUT2D eigenvalue weighted by Crippen LogP contribution is -2.11. The van der Waals surface area contributed by atoms with E-state index in [9.17, 15) is 0 Å². The van der Waals surface area contributed by atoms with Crippen molar-refractivity contribution < 1.29 is 4.74 Å². The minimum absolute atomic E-state index is 0.210. The molecular formula is C12H19NO. The van der Waals surface area contributed by atoms with Gasteiger partial charge in [0.05, 0.1) is 18.2 Å². The second-order valence-corrected chi connectivity index (χ2v) is 4.44. The highest BCUT2D eigenvalue weighted by Gasteiger charge is 2.31. The van der Waals surface area contributed by atoms with Gasteiger partial charge < -0.3 is 4.74 Å². The van der Waals surface area contributed by atoms with Crippen LogP contribution < -0.4 is 0 Å². The highest BCUT2D eigenvalue weighted by atomic mass is 16.5. The Bertz CT molecular complexity index is 271. The maximum absolute atomic E-state index is 9.06. The Morgan fingerprint density at radius 3 is 2.71 bits per heavy atom. The molecule has 1 saturated carbocycles. The van der Waals surface area contributed by atoms with Gasteiger partial charge in [0.15, 0.2) is 0 Å². The summed E-state index contributed by atoms with van der Waals surface area (Å²) in [5.74, 6) is 0. The quantitative estimate of drug-likeness (QED) is 0.645. The zero-order valence-electron chi connectivity index (χ0n) is 9.39. The number of allylic oxidation sites excluding steroid dienone is 1. The molecule has 1 rings (SSSR count). The van der Waals surface area contributed by atoms with E-state index in [2.05, 4.69) is 19.9 Å². The molecule has 0 unspecified atom stereocenters. The first-order chi connectivity index (χ1) is 6.61. The maximum atomic E-state index is 9.06. The SMILES string of the molecule is CCOC/C(C#N)=C1\CCCC1(C)C. The van der Waals surface area contributed by atoms with Gasteiger partial charge in [0.25, 0.3) is 0 Å². The van der Waals surface area contributed by atoms with Gasteiger partial charge in [-0.25, -0.2) is 0 Å². The zero-order chi connectivity index (χ0) is 10.6. The molecule has 0 aliphatic heterocycles. The van der Waals surface area contributed by atoms with E-state index < -0.39 is 0 Å². The van der Waals surface area contributed by atoms with Crippen LogP contribution in [-0.4, -0.2) is 13.2 Å². The minimum atomic E-state index is 0.210. The van der Waals surface area contributed by atoms with Crippen molar-refractivity contribution in [2.75, 3.05) is 13.2 Å². The minimum Gasteiger partial charge on any atom is -0.376 e. The van der Waals surface area contributed by atoms with Crippen molar-refractivity contribution in [2.45, 2.75) is 40.0 Å². The number of nitrogens with zero attached hydrogens (tertiary/aromatic N) is 1. The van der Waals surface area contributed by atoms with E-state index in [0.29, 0.717) is 13.2 Å². The molecule has 0 saturated heterocycles. The molecule has 0 amide bonds. The van der Waals surface area contributed by atoms with E-state index in [0.717, 1.165) is 12.0 Å². The van der Waals surface area contributed by atoms with Gasteiger partial charge in [-0.1, -0.05) is 13.8 Å². The molecule has 0 spiro atoms. The van der Waals surface area contributed by atoms with Crippen molar-refractivity contribution in [3.8, 4) is 6.07 Å². The van der Waals surface area contributed by atoms with E-state index in [1.165, 1.54) is 18.4 Å². The third-order valence-corrected chi connectivity index (χ3v) is 3.00. The molecule has 14 heavy (non-hydrogen) atoms. The molecular weight excluding hydrogens is 174 g/mol. The van der Waals surface area contributed by atoms with Gasteiger partial charge in [0.1, 0.15) is 0 Å². The third-order valence-electron chi connectivity index (χ3n) is 3.00. The van der Waals surface area contributed by atoms with Crippen LogP contribution >= 0.6 is 0 Å². The lowest BCUT2D eigenvalue weighted by molar-refractivity contribution is 0.171. The molecule has 2 nitrogen and oxygen atoms in total. The molecule has 1 aliphatic carbocycles. The van der Waals surface area contributed by atoms with Crippen molar-refractivity contribution in [1.29, 1.82) is 5.26 Å². The fourth-order valence-electron chi connectivity index (χ4n) is 2.15. The molecule has 0 atom stereocenters. The van der Waals surface area contributed by atoms with Gasteiger partial charge in [-0.2, -0.15) is 5.26 Å². The van der Waals surface area contributed by atoms with Crippen molar-refractivity contribution >= 4 is 0 Å². The summed E-state index contributed by atoms with van der Waals surface area (Å²) in [5, 5.41) is 9.06. The number of hydrogen-bond donors (Lipinski definition) is 0. The summed E-state index contributed by atoms with van der Waals surface area (Å²) in [6, 6.07) is 2.29. The lowest BCUT2D eigenvalue weighted by Gasteiger charge is -2.21. The molecule has 0 N–H and O–H groups in total. The smallest absolute Gasteiger partial charge is 0.0971 e. The second-order valence-electron chi connectivity index (χ2n) is 4.44. The topological polar surface area (TPSA) is 33.0 Å². The Hall–Kier alpha value is -0.810. The van der Waals surface area contributed by atoms with E-state index in [1.807, 2.05) is 6.92 Å². The molecule has 1 fully saturated rings. The zero-order valence-corrected chi connectivity index (χ0v) is 9.39. The van der Waals surface area contributed by atoms with Gasteiger partial charge in [-0.3, -0.25) is 0 Å². The molecule has 0 radical (unpaired) electrons. The van der Waals surface area contributed by atoms with Gasteiger partial charge in [0.2, 0.25) is 0 Å². The molecule has 78 valence electrons. The number of rotatable bonds is 3. The second kappa shape index (κ2) is 4.61. The highest BCUT2D eigenvalue weighted by molar-refractivity contribution is 5.34. The van der Waals surface area contributed by atoms with E-state index in [-0.39, 0.29) is 5.41 Å². The predicted molar refractivity (Wildman–Crippen MR) is 56.8 cm³/mol. The van der Waals surface area contributed by atoms with Crippen LogP contribution in [0.1, 0.15) is 40.0 Å². The first-order valence-electron chi connectivity index (χ1n) is 5.32. The fraction of sp³-hybridized carbons (Fsp3) is 0.750. The van der Waals surface area contributed by atoms with Crippen LogP contribution in [-0.2, 0) is 4.74 Å². The molecule has 0 heterocycles. The molecule has 0 aromatic heterocycles. The van der Waals surface area contributed by atoms with Crippen molar-refractivity contribution in [3.05, 3.63) is 11.1 Å². The van der Waals surface area contributed by atoms with E-state index in [4.69, 9.17) is 10.00 Å². The van der Waals surface area contributed by atoms with Crippen LogP contribution in [0.2, 0.25) is 0 Å². The lowest BCUT2D eigenvalue weighted by atomic mass is 9.84. The largest absolute Gasteiger partial charge is 0.376 e. The monoisotopic (exact) mass is 193 g/mol. The normalized spacial score (nSPS) is 23.3. The standard InChI is InChI=1S/C12H19NO/c1-4-14-9-10(8-13)11-6-5-7-12(11,2)3/h4-7,9H2,1-3H3/b11-10+. The number of nitriles is 1. The summed E-state index contributed by atoms with van der Waals surface area (Å²) in [6.07, 6.45) is 3.47. The Morgan fingerprint density at radius 1 is 1.57 bits per heavy atom. The molecule has 1 aliphatic rings. The third kappa shape index (κ3) is 2.36. The maximum Gasteiger partial charge on any atom is 0.0971 e. The summed E-state index contributed by atoms with van der Waals surface area (Å²) < 4.78 is 5.31. The average Bonchev–Trinajstić information content (AvgIpc) is 2.48. The van der Waals surface area contributed by atoms with Gasteiger partial charge in [-0.15, -0.1) is 0 Å². The van der Waals surface area contributed by atoms with Gasteiger partial charge >= 0.3 is 0 Å². The van der Waals surface area contributed by atoms with Crippen LogP contribution in [0.5, 0.6) is 0 Å². The highest BCUT2D eigenvalue weighted by Crippen LogP contribution is 2.43. The van der Waals surface area contributed by atoms with Crippen molar-refractivity contribution in [2.24, 2.45) is 5.41 Å². The van der Waals surface area contributed by atoms with Crippen molar-refractivity contribution in [1.82, 2.24) is 0 Å². The molecule has 0 bridgehead atoms. The summed E-state index contributed by atoms with van der Waals surface area (Å²) in [7, 11) is 0. The molecule has 0 aromatic rings. The summed E-state index contributed by atoms with van der Waals surface area (Å²) in [4.78, 5) is 0. The Balaban J connectivity index is 2.83. The van der Waals surface area contributed by atoms with E-state index in [1.54, 1.807) is 0 Å². The summed E-state index contributed by atoms with van der Waals surface area (Å²) >= 11 is 0. The van der Waals surface area contributed by atoms with Crippen LogP contribution in [0, 0.1) is 16.7 Å². The van der Waals surface area contributed by atoms with Crippen molar-refractivity contribution in [3.63, 3.8) is 0 Å². The Kier molecular flexibility index (Phi) is 3.71. The Morgan fingerprint density at radius 2 is 2.29 bits per heavy atom. The van der Waals surface area contributed by atoms with Crippen LogP contribution in [0.3, 0.4) is 0 Å².